The highest BCUT2D eigenvalue weighted by molar-refractivity contribution is 5.88. The van der Waals surface area contributed by atoms with Crippen molar-refractivity contribution in [2.45, 2.75) is 39.3 Å². The van der Waals surface area contributed by atoms with Crippen LogP contribution in [0.15, 0.2) is 24.3 Å². The van der Waals surface area contributed by atoms with Gasteiger partial charge < -0.3 is 15.8 Å². The normalized spacial score (nSPS) is 13.6. The van der Waals surface area contributed by atoms with Crippen molar-refractivity contribution in [3.8, 4) is 0 Å². The van der Waals surface area contributed by atoms with Crippen LogP contribution in [-0.4, -0.2) is 25.0 Å². The first-order chi connectivity index (χ1) is 9.85. The zero-order chi connectivity index (χ0) is 16.0. The molecule has 0 heterocycles. The zero-order valence-corrected chi connectivity index (χ0v) is 13.1. The summed E-state index contributed by atoms with van der Waals surface area (Å²) in [4.78, 5) is 23.9. The van der Waals surface area contributed by atoms with Gasteiger partial charge in [0.25, 0.3) is 0 Å². The molecule has 2 atom stereocenters. The summed E-state index contributed by atoms with van der Waals surface area (Å²) < 4.78 is 4.72. The number of benzene rings is 1. The molecule has 0 fully saturated rings. The maximum Gasteiger partial charge on any atom is 0.328 e. The Morgan fingerprint density at radius 3 is 2.29 bits per heavy atom. The Hall–Kier alpha value is -1.88. The number of nitrogens with two attached hydrogens (primary N) is 1. The topological polar surface area (TPSA) is 81.4 Å². The maximum absolute atomic E-state index is 12.2. The van der Waals surface area contributed by atoms with Crippen LogP contribution in [-0.2, 0) is 14.3 Å². The van der Waals surface area contributed by atoms with Crippen LogP contribution in [0.5, 0.6) is 0 Å². The molecule has 0 aromatic heterocycles. The van der Waals surface area contributed by atoms with E-state index in [1.807, 2.05) is 45.0 Å². The van der Waals surface area contributed by atoms with Crippen molar-refractivity contribution < 1.29 is 14.3 Å². The van der Waals surface area contributed by atoms with Gasteiger partial charge in [-0.1, -0.05) is 43.7 Å². The van der Waals surface area contributed by atoms with Gasteiger partial charge in [0.2, 0.25) is 5.91 Å². The number of methoxy groups -OCH3 is 1. The molecule has 1 aromatic rings. The fraction of sp³-hybridized carbons (Fsp3) is 0.500. The van der Waals surface area contributed by atoms with Gasteiger partial charge in [-0.05, 0) is 24.8 Å². The van der Waals surface area contributed by atoms with Gasteiger partial charge in [-0.15, -0.1) is 0 Å². The third kappa shape index (κ3) is 5.19. The summed E-state index contributed by atoms with van der Waals surface area (Å²) in [5.74, 6) is -0.576. The fourth-order valence-electron chi connectivity index (χ4n) is 2.01. The van der Waals surface area contributed by atoms with Crippen molar-refractivity contribution >= 4 is 11.9 Å². The van der Waals surface area contributed by atoms with Gasteiger partial charge in [-0.2, -0.15) is 0 Å². The van der Waals surface area contributed by atoms with E-state index in [-0.39, 0.29) is 11.8 Å². The average Bonchev–Trinajstić information content (AvgIpc) is 2.45. The Morgan fingerprint density at radius 2 is 1.81 bits per heavy atom. The zero-order valence-electron chi connectivity index (χ0n) is 13.1. The summed E-state index contributed by atoms with van der Waals surface area (Å²) in [6.45, 7) is 5.91. The molecule has 5 nitrogen and oxygen atoms in total. The number of carbonyl (C=O) groups excluding carboxylic acids is 2. The van der Waals surface area contributed by atoms with Crippen LogP contribution < -0.4 is 11.1 Å². The van der Waals surface area contributed by atoms with Crippen LogP contribution in [0.25, 0.3) is 0 Å². The summed E-state index contributed by atoms with van der Waals surface area (Å²) in [5, 5.41) is 2.67. The molecular formula is C16H24N2O3. The minimum absolute atomic E-state index is 0.255. The van der Waals surface area contributed by atoms with Crippen molar-refractivity contribution in [3.05, 3.63) is 35.4 Å². The highest BCUT2D eigenvalue weighted by Gasteiger charge is 2.25. The number of rotatable bonds is 6. The number of ether oxygens (including phenoxy) is 1. The van der Waals surface area contributed by atoms with Crippen LogP contribution >= 0.6 is 0 Å². The highest BCUT2D eigenvalue weighted by atomic mass is 16.5. The van der Waals surface area contributed by atoms with E-state index in [9.17, 15) is 9.59 Å². The maximum atomic E-state index is 12.2. The van der Waals surface area contributed by atoms with Crippen molar-refractivity contribution in [1.82, 2.24) is 5.32 Å². The van der Waals surface area contributed by atoms with Gasteiger partial charge in [-0.3, -0.25) is 4.79 Å². The Morgan fingerprint density at radius 1 is 1.24 bits per heavy atom. The summed E-state index contributed by atoms with van der Waals surface area (Å²) >= 11 is 0. The molecule has 116 valence electrons. The van der Waals surface area contributed by atoms with E-state index in [1.54, 1.807) is 0 Å². The Balaban J connectivity index is 2.76. The summed E-state index contributed by atoms with van der Waals surface area (Å²) in [5.41, 5.74) is 7.76. The average molecular weight is 292 g/mol. The first kappa shape index (κ1) is 17.2. The standard InChI is InChI=1S/C16H24N2O3/c1-10(2)9-13(16(20)21-4)18-15(19)14(17)12-7-5-11(3)6-8-12/h5-8,10,13-14H,9,17H2,1-4H3,(H,18,19). The van der Waals surface area contributed by atoms with Crippen molar-refractivity contribution in [3.63, 3.8) is 0 Å². The molecule has 1 aromatic carbocycles. The molecule has 5 heteroatoms. The van der Waals surface area contributed by atoms with Crippen molar-refractivity contribution in [2.24, 2.45) is 11.7 Å². The van der Waals surface area contributed by atoms with Crippen LogP contribution in [0.3, 0.4) is 0 Å². The minimum atomic E-state index is -0.801. The van der Waals surface area contributed by atoms with E-state index in [1.165, 1.54) is 7.11 Å². The second kappa shape index (κ2) is 7.78. The van der Waals surface area contributed by atoms with Crippen molar-refractivity contribution in [2.75, 3.05) is 7.11 Å². The Kier molecular flexibility index (Phi) is 6.37. The molecule has 21 heavy (non-hydrogen) atoms. The molecule has 2 unspecified atom stereocenters. The second-order valence-corrected chi connectivity index (χ2v) is 5.60. The van der Waals surface area contributed by atoms with E-state index in [0.29, 0.717) is 12.0 Å². The number of hydrogen-bond donors (Lipinski definition) is 2. The monoisotopic (exact) mass is 292 g/mol. The molecule has 0 aliphatic carbocycles. The van der Waals surface area contributed by atoms with E-state index in [2.05, 4.69) is 5.32 Å². The highest BCUT2D eigenvalue weighted by Crippen LogP contribution is 2.13. The van der Waals surface area contributed by atoms with Crippen LogP contribution in [0.2, 0.25) is 0 Å². The van der Waals surface area contributed by atoms with E-state index < -0.39 is 18.1 Å². The molecule has 0 bridgehead atoms. The summed E-state index contributed by atoms with van der Waals surface area (Å²) in [7, 11) is 1.31. The summed E-state index contributed by atoms with van der Waals surface area (Å²) in [6.07, 6.45) is 0.513. The number of nitrogens with one attached hydrogen (secondary N) is 1. The number of carbonyl (C=O) groups is 2. The number of esters is 1. The smallest absolute Gasteiger partial charge is 0.328 e. The lowest BCUT2D eigenvalue weighted by Crippen LogP contribution is -2.46. The molecule has 0 radical (unpaired) electrons. The minimum Gasteiger partial charge on any atom is -0.467 e. The van der Waals surface area contributed by atoms with Gasteiger partial charge in [0.1, 0.15) is 12.1 Å². The first-order valence-corrected chi connectivity index (χ1v) is 7.05. The third-order valence-corrected chi connectivity index (χ3v) is 3.23. The quantitative estimate of drug-likeness (QED) is 0.782. The summed E-state index contributed by atoms with van der Waals surface area (Å²) in [6, 6.07) is 5.96. The van der Waals surface area contributed by atoms with Crippen molar-refractivity contribution in [1.29, 1.82) is 0 Å². The van der Waals surface area contributed by atoms with Crippen LogP contribution in [0.1, 0.15) is 37.4 Å². The van der Waals surface area contributed by atoms with Gasteiger partial charge in [0, 0.05) is 0 Å². The predicted octanol–water partition coefficient (Wildman–Crippen LogP) is 1.70. The van der Waals surface area contributed by atoms with Crippen LogP contribution in [0.4, 0.5) is 0 Å². The SMILES string of the molecule is COC(=O)C(CC(C)C)NC(=O)C(N)c1ccc(C)cc1. The molecule has 3 N–H and O–H groups in total. The lowest BCUT2D eigenvalue weighted by atomic mass is 10.0. The molecule has 0 saturated heterocycles. The third-order valence-electron chi connectivity index (χ3n) is 3.23. The molecule has 1 rings (SSSR count). The number of hydrogen-bond acceptors (Lipinski definition) is 4. The first-order valence-electron chi connectivity index (χ1n) is 7.05. The lowest BCUT2D eigenvalue weighted by Gasteiger charge is -2.20. The van der Waals surface area contributed by atoms with E-state index >= 15 is 0 Å². The van der Waals surface area contributed by atoms with Gasteiger partial charge >= 0.3 is 5.97 Å². The molecular weight excluding hydrogens is 268 g/mol. The Labute approximate surface area is 125 Å². The largest absolute Gasteiger partial charge is 0.467 e. The van der Waals surface area contributed by atoms with Gasteiger partial charge in [0.15, 0.2) is 0 Å². The molecule has 1 amide bonds. The van der Waals surface area contributed by atoms with Gasteiger partial charge in [-0.25, -0.2) is 4.79 Å². The number of aryl methyl sites for hydroxylation is 1. The lowest BCUT2D eigenvalue weighted by molar-refractivity contribution is -0.145. The Bertz CT molecular complexity index is 483. The molecule has 0 spiro atoms. The predicted molar refractivity (Wildman–Crippen MR) is 81.5 cm³/mol. The van der Waals surface area contributed by atoms with Crippen LogP contribution in [0, 0.1) is 12.8 Å². The van der Waals surface area contributed by atoms with E-state index in [0.717, 1.165) is 5.56 Å². The molecule has 0 aliphatic heterocycles. The number of amides is 1. The molecule has 0 saturated carbocycles. The van der Waals surface area contributed by atoms with E-state index in [4.69, 9.17) is 10.5 Å². The second-order valence-electron chi connectivity index (χ2n) is 5.60. The fourth-order valence-corrected chi connectivity index (χ4v) is 2.01. The molecule has 0 aliphatic rings. The van der Waals surface area contributed by atoms with Gasteiger partial charge in [0.05, 0.1) is 7.11 Å².